The van der Waals surface area contributed by atoms with E-state index in [9.17, 15) is 0 Å². The average molecular weight is 350 g/mol. The Morgan fingerprint density at radius 2 is 1.76 bits per heavy atom. The first-order valence-electron chi connectivity index (χ1n) is 6.87. The van der Waals surface area contributed by atoms with Crippen LogP contribution < -0.4 is 14.8 Å². The molecule has 2 rings (SSSR count). The summed E-state index contributed by atoms with van der Waals surface area (Å²) in [5.41, 5.74) is 2.17. The molecule has 21 heavy (non-hydrogen) atoms. The Hall–Kier alpha value is -1.52. The molecule has 0 aliphatic carbocycles. The van der Waals surface area contributed by atoms with Gasteiger partial charge in [-0.05, 0) is 43.8 Å². The van der Waals surface area contributed by atoms with Crippen molar-refractivity contribution in [1.29, 1.82) is 0 Å². The Labute approximate surface area is 134 Å². The summed E-state index contributed by atoms with van der Waals surface area (Å²) >= 11 is 3.43. The van der Waals surface area contributed by atoms with Crippen molar-refractivity contribution in [2.24, 2.45) is 0 Å². The third-order valence-electron chi connectivity index (χ3n) is 3.42. The highest BCUT2D eigenvalue weighted by Crippen LogP contribution is 2.34. The van der Waals surface area contributed by atoms with Crippen LogP contribution in [0.1, 0.15) is 24.1 Å². The SMILES string of the molecule is CNC(C)c1c(OC)cccc1OCc1ccc(Br)cc1. The molecule has 0 saturated carbocycles. The summed E-state index contributed by atoms with van der Waals surface area (Å²) in [4.78, 5) is 0. The quantitative estimate of drug-likeness (QED) is 0.842. The summed E-state index contributed by atoms with van der Waals surface area (Å²) in [6, 6.07) is 14.2. The van der Waals surface area contributed by atoms with E-state index in [0.717, 1.165) is 27.1 Å². The van der Waals surface area contributed by atoms with Gasteiger partial charge in [0.25, 0.3) is 0 Å². The molecule has 1 atom stereocenters. The first-order valence-corrected chi connectivity index (χ1v) is 7.66. The first-order chi connectivity index (χ1) is 10.2. The Bertz CT molecular complexity index is 584. The van der Waals surface area contributed by atoms with Crippen LogP contribution >= 0.6 is 15.9 Å². The van der Waals surface area contributed by atoms with Gasteiger partial charge in [0.2, 0.25) is 0 Å². The molecule has 0 bridgehead atoms. The summed E-state index contributed by atoms with van der Waals surface area (Å²) in [6.07, 6.45) is 0. The van der Waals surface area contributed by atoms with Crippen LogP contribution in [-0.2, 0) is 6.61 Å². The number of nitrogens with one attached hydrogen (secondary N) is 1. The average Bonchev–Trinajstić information content (AvgIpc) is 2.53. The molecule has 1 unspecified atom stereocenters. The van der Waals surface area contributed by atoms with E-state index in [-0.39, 0.29) is 6.04 Å². The normalized spacial score (nSPS) is 12.0. The zero-order valence-electron chi connectivity index (χ0n) is 12.5. The Morgan fingerprint density at radius 3 is 2.38 bits per heavy atom. The van der Waals surface area contributed by atoms with E-state index >= 15 is 0 Å². The summed E-state index contributed by atoms with van der Waals surface area (Å²) < 4.78 is 12.5. The van der Waals surface area contributed by atoms with Crippen molar-refractivity contribution in [3.8, 4) is 11.5 Å². The molecule has 3 nitrogen and oxygen atoms in total. The Kier molecular flexibility index (Phi) is 5.65. The van der Waals surface area contributed by atoms with Crippen LogP contribution in [0.2, 0.25) is 0 Å². The van der Waals surface area contributed by atoms with E-state index < -0.39 is 0 Å². The second-order valence-electron chi connectivity index (χ2n) is 4.80. The zero-order valence-corrected chi connectivity index (χ0v) is 14.1. The molecule has 0 heterocycles. The topological polar surface area (TPSA) is 30.5 Å². The van der Waals surface area contributed by atoms with Gasteiger partial charge in [-0.25, -0.2) is 0 Å². The maximum atomic E-state index is 5.99. The van der Waals surface area contributed by atoms with E-state index in [1.54, 1.807) is 7.11 Å². The van der Waals surface area contributed by atoms with Crippen molar-refractivity contribution in [3.05, 3.63) is 58.1 Å². The highest BCUT2D eigenvalue weighted by Gasteiger charge is 2.16. The van der Waals surface area contributed by atoms with Crippen molar-refractivity contribution >= 4 is 15.9 Å². The molecule has 0 amide bonds. The number of hydrogen-bond donors (Lipinski definition) is 1. The van der Waals surface area contributed by atoms with Gasteiger partial charge in [0, 0.05) is 10.5 Å². The maximum absolute atomic E-state index is 5.99. The second kappa shape index (κ2) is 7.48. The van der Waals surface area contributed by atoms with Crippen LogP contribution in [0.4, 0.5) is 0 Å². The molecule has 0 saturated heterocycles. The summed E-state index contributed by atoms with van der Waals surface area (Å²) in [5, 5.41) is 3.24. The highest BCUT2D eigenvalue weighted by molar-refractivity contribution is 9.10. The molecule has 0 aromatic heterocycles. The van der Waals surface area contributed by atoms with Crippen molar-refractivity contribution in [1.82, 2.24) is 5.32 Å². The lowest BCUT2D eigenvalue weighted by Crippen LogP contribution is -2.15. The van der Waals surface area contributed by atoms with Crippen LogP contribution in [0.15, 0.2) is 46.9 Å². The number of hydrogen-bond acceptors (Lipinski definition) is 3. The van der Waals surface area contributed by atoms with Crippen LogP contribution in [0.25, 0.3) is 0 Å². The maximum Gasteiger partial charge on any atom is 0.128 e. The van der Waals surface area contributed by atoms with Crippen molar-refractivity contribution in [2.75, 3.05) is 14.2 Å². The highest BCUT2D eigenvalue weighted by atomic mass is 79.9. The fraction of sp³-hybridized carbons (Fsp3) is 0.294. The standard InChI is InChI=1S/C17H20BrNO2/c1-12(19-2)17-15(20-3)5-4-6-16(17)21-11-13-7-9-14(18)10-8-13/h4-10,12,19H,11H2,1-3H3. The van der Waals surface area contributed by atoms with E-state index in [2.05, 4.69) is 28.2 Å². The number of benzene rings is 2. The van der Waals surface area contributed by atoms with Crippen LogP contribution in [0, 0.1) is 0 Å². The van der Waals surface area contributed by atoms with Gasteiger partial charge in [0.05, 0.1) is 12.7 Å². The minimum absolute atomic E-state index is 0.154. The Balaban J connectivity index is 2.21. The number of methoxy groups -OCH3 is 1. The minimum Gasteiger partial charge on any atom is -0.496 e. The molecule has 0 fully saturated rings. The van der Waals surface area contributed by atoms with Crippen molar-refractivity contribution in [2.45, 2.75) is 19.6 Å². The molecular weight excluding hydrogens is 330 g/mol. The lowest BCUT2D eigenvalue weighted by molar-refractivity contribution is 0.296. The molecule has 112 valence electrons. The van der Waals surface area contributed by atoms with Gasteiger partial charge in [-0.1, -0.05) is 34.1 Å². The van der Waals surface area contributed by atoms with Gasteiger partial charge in [0.1, 0.15) is 18.1 Å². The molecule has 4 heteroatoms. The molecule has 2 aromatic rings. The van der Waals surface area contributed by atoms with Gasteiger partial charge in [-0.3, -0.25) is 0 Å². The van der Waals surface area contributed by atoms with Gasteiger partial charge in [-0.2, -0.15) is 0 Å². The molecule has 0 aliphatic rings. The van der Waals surface area contributed by atoms with Gasteiger partial charge in [-0.15, -0.1) is 0 Å². The minimum atomic E-state index is 0.154. The van der Waals surface area contributed by atoms with Crippen LogP contribution in [-0.4, -0.2) is 14.2 Å². The third kappa shape index (κ3) is 3.99. The van der Waals surface area contributed by atoms with Crippen molar-refractivity contribution < 1.29 is 9.47 Å². The summed E-state index contributed by atoms with van der Waals surface area (Å²) in [7, 11) is 3.61. The van der Waals surface area contributed by atoms with Gasteiger partial charge in [0.15, 0.2) is 0 Å². The van der Waals surface area contributed by atoms with Gasteiger partial charge < -0.3 is 14.8 Å². The first kappa shape index (κ1) is 15.9. The lowest BCUT2D eigenvalue weighted by Gasteiger charge is -2.19. The lowest BCUT2D eigenvalue weighted by atomic mass is 10.1. The van der Waals surface area contributed by atoms with Gasteiger partial charge >= 0.3 is 0 Å². The molecule has 1 N–H and O–H groups in total. The second-order valence-corrected chi connectivity index (χ2v) is 5.71. The third-order valence-corrected chi connectivity index (χ3v) is 3.95. The molecule has 2 aromatic carbocycles. The number of halogens is 1. The molecule has 0 spiro atoms. The van der Waals surface area contributed by atoms with E-state index in [4.69, 9.17) is 9.47 Å². The van der Waals surface area contributed by atoms with Crippen molar-refractivity contribution in [3.63, 3.8) is 0 Å². The molecular formula is C17H20BrNO2. The zero-order chi connectivity index (χ0) is 15.2. The number of ether oxygens (including phenoxy) is 2. The monoisotopic (exact) mass is 349 g/mol. The molecule has 0 aliphatic heterocycles. The Morgan fingerprint density at radius 1 is 1.10 bits per heavy atom. The predicted octanol–water partition coefficient (Wildman–Crippen LogP) is 4.32. The molecule has 0 radical (unpaired) electrons. The predicted molar refractivity (Wildman–Crippen MR) is 88.9 cm³/mol. The van der Waals surface area contributed by atoms with E-state index in [0.29, 0.717) is 6.61 Å². The van der Waals surface area contributed by atoms with E-state index in [1.165, 1.54) is 0 Å². The van der Waals surface area contributed by atoms with Crippen LogP contribution in [0.3, 0.4) is 0 Å². The van der Waals surface area contributed by atoms with Crippen LogP contribution in [0.5, 0.6) is 11.5 Å². The smallest absolute Gasteiger partial charge is 0.128 e. The summed E-state index contributed by atoms with van der Waals surface area (Å²) in [5.74, 6) is 1.68. The fourth-order valence-electron chi connectivity index (χ4n) is 2.14. The number of rotatable bonds is 6. The largest absolute Gasteiger partial charge is 0.496 e. The summed E-state index contributed by atoms with van der Waals surface area (Å²) in [6.45, 7) is 2.62. The van der Waals surface area contributed by atoms with E-state index in [1.807, 2.05) is 49.5 Å². The fourth-order valence-corrected chi connectivity index (χ4v) is 2.40.